The van der Waals surface area contributed by atoms with E-state index in [9.17, 15) is 9.90 Å². The minimum Gasteiger partial charge on any atom is -0.478 e. The first-order valence-electron chi connectivity index (χ1n) is 7.80. The lowest BCUT2D eigenvalue weighted by atomic mass is 9.76. The highest BCUT2D eigenvalue weighted by Gasteiger charge is 2.39. The number of aromatic carboxylic acids is 1. The van der Waals surface area contributed by atoms with Gasteiger partial charge in [0.15, 0.2) is 0 Å². The molecule has 3 atom stereocenters. The summed E-state index contributed by atoms with van der Waals surface area (Å²) in [5, 5.41) is 13.8. The standard InChI is InChI=1S/C19H15BrClNO2/c20-11-8-15-13-2-1-3-14(13)17(10-4-6-12(21)7-5-10)22-18(15)16(9-11)19(23)24/h1-2,4-9,13-14,17,22H,3H2,(H,23,24)/t13-,14+,17+/m0/s1. The van der Waals surface area contributed by atoms with E-state index in [1.807, 2.05) is 30.3 Å². The molecular formula is C19H15BrClNO2. The molecule has 2 aromatic rings. The molecule has 2 aromatic carbocycles. The molecule has 0 radical (unpaired) electrons. The number of nitrogens with one attached hydrogen (secondary N) is 1. The van der Waals surface area contributed by atoms with E-state index in [4.69, 9.17) is 11.6 Å². The van der Waals surface area contributed by atoms with Gasteiger partial charge in [-0.25, -0.2) is 4.79 Å². The molecular weight excluding hydrogens is 390 g/mol. The van der Waals surface area contributed by atoms with Crippen molar-refractivity contribution >= 4 is 39.2 Å². The number of hydrogen-bond donors (Lipinski definition) is 2. The fourth-order valence-electron chi connectivity index (χ4n) is 3.83. The van der Waals surface area contributed by atoms with Gasteiger partial charge in [0.25, 0.3) is 0 Å². The number of carboxylic acid groups (broad SMARTS) is 1. The summed E-state index contributed by atoms with van der Waals surface area (Å²) in [5.74, 6) is -0.331. The second-order valence-corrected chi connectivity index (χ2v) is 7.60. The van der Waals surface area contributed by atoms with Crippen molar-refractivity contribution in [3.8, 4) is 0 Å². The van der Waals surface area contributed by atoms with E-state index in [-0.39, 0.29) is 12.0 Å². The van der Waals surface area contributed by atoms with Gasteiger partial charge in [0, 0.05) is 15.4 Å². The average Bonchev–Trinajstić information content (AvgIpc) is 3.04. The summed E-state index contributed by atoms with van der Waals surface area (Å²) in [4.78, 5) is 11.7. The fourth-order valence-corrected chi connectivity index (χ4v) is 4.43. The van der Waals surface area contributed by atoms with Crippen LogP contribution in [-0.2, 0) is 0 Å². The number of rotatable bonds is 2. The van der Waals surface area contributed by atoms with Gasteiger partial charge < -0.3 is 10.4 Å². The summed E-state index contributed by atoms with van der Waals surface area (Å²) >= 11 is 9.46. The molecule has 1 aliphatic carbocycles. The third-order valence-electron chi connectivity index (χ3n) is 4.89. The summed E-state index contributed by atoms with van der Waals surface area (Å²) in [6.45, 7) is 0. The summed E-state index contributed by atoms with van der Waals surface area (Å²) in [6, 6.07) is 11.5. The van der Waals surface area contributed by atoms with Gasteiger partial charge in [-0.3, -0.25) is 0 Å². The first kappa shape index (κ1) is 15.7. The van der Waals surface area contributed by atoms with Crippen LogP contribution in [0.3, 0.4) is 0 Å². The first-order valence-corrected chi connectivity index (χ1v) is 8.97. The summed E-state index contributed by atoms with van der Waals surface area (Å²) in [7, 11) is 0. The smallest absolute Gasteiger partial charge is 0.337 e. The molecule has 0 saturated heterocycles. The minimum absolute atomic E-state index is 0.0639. The number of benzene rings is 2. The van der Waals surface area contributed by atoms with Crippen LogP contribution in [-0.4, -0.2) is 11.1 Å². The lowest BCUT2D eigenvalue weighted by Crippen LogP contribution is -2.30. The van der Waals surface area contributed by atoms with Gasteiger partial charge >= 0.3 is 5.97 Å². The van der Waals surface area contributed by atoms with Crippen LogP contribution in [0.15, 0.2) is 53.0 Å². The molecule has 1 heterocycles. The van der Waals surface area contributed by atoms with Crippen LogP contribution in [0.1, 0.15) is 39.9 Å². The van der Waals surface area contributed by atoms with Crippen LogP contribution in [0.25, 0.3) is 0 Å². The molecule has 0 aromatic heterocycles. The molecule has 0 saturated carbocycles. The molecule has 0 spiro atoms. The lowest BCUT2D eigenvalue weighted by molar-refractivity contribution is 0.0697. The van der Waals surface area contributed by atoms with E-state index < -0.39 is 5.97 Å². The van der Waals surface area contributed by atoms with Gasteiger partial charge in [-0.1, -0.05) is 51.8 Å². The van der Waals surface area contributed by atoms with Gasteiger partial charge in [0.2, 0.25) is 0 Å². The molecule has 0 fully saturated rings. The van der Waals surface area contributed by atoms with Crippen LogP contribution in [0.2, 0.25) is 5.02 Å². The fraction of sp³-hybridized carbons (Fsp3) is 0.211. The van der Waals surface area contributed by atoms with Gasteiger partial charge in [0.1, 0.15) is 0 Å². The van der Waals surface area contributed by atoms with Crippen molar-refractivity contribution in [2.45, 2.75) is 18.4 Å². The van der Waals surface area contributed by atoms with Crippen molar-refractivity contribution in [1.82, 2.24) is 0 Å². The Hall–Kier alpha value is -1.78. The van der Waals surface area contributed by atoms with E-state index in [2.05, 4.69) is 33.4 Å². The lowest BCUT2D eigenvalue weighted by Gasteiger charge is -2.38. The Morgan fingerprint density at radius 3 is 2.71 bits per heavy atom. The Morgan fingerprint density at radius 1 is 1.25 bits per heavy atom. The Bertz CT molecular complexity index is 847. The number of carbonyl (C=O) groups is 1. The van der Waals surface area contributed by atoms with Crippen LogP contribution >= 0.6 is 27.5 Å². The van der Waals surface area contributed by atoms with Crippen LogP contribution in [0.5, 0.6) is 0 Å². The summed E-state index contributed by atoms with van der Waals surface area (Å²) in [6.07, 6.45) is 5.36. The van der Waals surface area contributed by atoms with Crippen molar-refractivity contribution < 1.29 is 9.90 Å². The quantitative estimate of drug-likeness (QED) is 0.638. The van der Waals surface area contributed by atoms with Crippen molar-refractivity contribution in [3.63, 3.8) is 0 Å². The number of fused-ring (bicyclic) bond motifs is 3. The van der Waals surface area contributed by atoms with Gasteiger partial charge in [-0.2, -0.15) is 0 Å². The van der Waals surface area contributed by atoms with Crippen molar-refractivity contribution in [3.05, 3.63) is 74.7 Å². The van der Waals surface area contributed by atoms with Crippen molar-refractivity contribution in [2.24, 2.45) is 5.92 Å². The van der Waals surface area contributed by atoms with E-state index >= 15 is 0 Å². The third kappa shape index (κ3) is 2.54. The van der Waals surface area contributed by atoms with E-state index in [0.717, 1.165) is 27.7 Å². The molecule has 0 bridgehead atoms. The van der Waals surface area contributed by atoms with Crippen LogP contribution < -0.4 is 5.32 Å². The monoisotopic (exact) mass is 403 g/mol. The Morgan fingerprint density at radius 2 is 2.00 bits per heavy atom. The van der Waals surface area contributed by atoms with Gasteiger partial charge in [0.05, 0.1) is 17.3 Å². The largest absolute Gasteiger partial charge is 0.478 e. The van der Waals surface area contributed by atoms with Gasteiger partial charge in [-0.05, 0) is 47.7 Å². The SMILES string of the molecule is O=C(O)c1cc(Br)cc2c1N[C@H](c1ccc(Cl)cc1)[C@@H]1CC=C[C@H]21. The highest BCUT2D eigenvalue weighted by molar-refractivity contribution is 9.10. The van der Waals surface area contributed by atoms with E-state index in [0.29, 0.717) is 16.5 Å². The maximum atomic E-state index is 11.7. The van der Waals surface area contributed by atoms with E-state index in [1.165, 1.54) is 0 Å². The zero-order chi connectivity index (χ0) is 16.8. The van der Waals surface area contributed by atoms with Crippen molar-refractivity contribution in [1.29, 1.82) is 0 Å². The average molecular weight is 405 g/mol. The zero-order valence-corrected chi connectivity index (χ0v) is 15.0. The molecule has 0 unspecified atom stereocenters. The minimum atomic E-state index is -0.921. The molecule has 3 nitrogen and oxygen atoms in total. The Balaban J connectivity index is 1.86. The Kier molecular flexibility index (Phi) is 3.89. The summed E-state index contributed by atoms with van der Waals surface area (Å²) < 4.78 is 0.796. The van der Waals surface area contributed by atoms with Crippen molar-refractivity contribution in [2.75, 3.05) is 5.32 Å². The molecule has 122 valence electrons. The van der Waals surface area contributed by atoms with Crippen LogP contribution in [0, 0.1) is 5.92 Å². The maximum Gasteiger partial charge on any atom is 0.337 e. The molecule has 24 heavy (non-hydrogen) atoms. The second kappa shape index (κ2) is 5.94. The molecule has 0 amide bonds. The van der Waals surface area contributed by atoms with Gasteiger partial charge in [-0.15, -0.1) is 0 Å². The topological polar surface area (TPSA) is 49.3 Å². The number of hydrogen-bond acceptors (Lipinski definition) is 2. The first-order chi connectivity index (χ1) is 11.5. The Labute approximate surface area is 153 Å². The summed E-state index contributed by atoms with van der Waals surface area (Å²) in [5.41, 5.74) is 3.20. The second-order valence-electron chi connectivity index (χ2n) is 6.25. The predicted octanol–water partition coefficient (Wildman–Crippen LogP) is 5.63. The van der Waals surface area contributed by atoms with Crippen LogP contribution in [0.4, 0.5) is 5.69 Å². The highest BCUT2D eigenvalue weighted by atomic mass is 79.9. The number of halogens is 2. The molecule has 2 N–H and O–H groups in total. The predicted molar refractivity (Wildman–Crippen MR) is 98.9 cm³/mol. The molecule has 5 heteroatoms. The highest BCUT2D eigenvalue weighted by Crippen LogP contribution is 2.51. The molecule has 2 aliphatic rings. The number of anilines is 1. The van der Waals surface area contributed by atoms with E-state index in [1.54, 1.807) is 6.07 Å². The number of carboxylic acids is 1. The molecule has 4 rings (SSSR count). The zero-order valence-electron chi connectivity index (χ0n) is 12.7. The third-order valence-corrected chi connectivity index (χ3v) is 5.60. The molecule has 1 aliphatic heterocycles. The normalized spacial score (nSPS) is 24.2. The maximum absolute atomic E-state index is 11.7. The number of allylic oxidation sites excluding steroid dienone is 2.